The van der Waals surface area contributed by atoms with Gasteiger partial charge in [0.15, 0.2) is 0 Å². The number of carboxylic acids is 1. The van der Waals surface area contributed by atoms with Crippen molar-refractivity contribution in [2.75, 3.05) is 32.0 Å². The Morgan fingerprint density at radius 2 is 2.03 bits per heavy atom. The zero-order valence-corrected chi connectivity index (χ0v) is 16.6. The van der Waals surface area contributed by atoms with Crippen molar-refractivity contribution in [1.82, 2.24) is 9.88 Å². The van der Waals surface area contributed by atoms with E-state index < -0.39 is 5.97 Å². The van der Waals surface area contributed by atoms with Crippen molar-refractivity contribution in [3.63, 3.8) is 0 Å². The minimum atomic E-state index is -1.05. The summed E-state index contributed by atoms with van der Waals surface area (Å²) in [5.74, 6) is -0.989. The molecule has 3 aliphatic rings. The van der Waals surface area contributed by atoms with E-state index in [9.17, 15) is 9.90 Å². The monoisotopic (exact) mass is 393 g/mol. The van der Waals surface area contributed by atoms with Crippen molar-refractivity contribution in [2.24, 2.45) is 0 Å². The molecule has 0 amide bonds. The number of carbonyl (C=O) groups is 1. The molecule has 0 radical (unpaired) electrons. The third-order valence-corrected chi connectivity index (χ3v) is 7.12. The topological polar surface area (TPSA) is 88.7 Å². The van der Waals surface area contributed by atoms with E-state index in [0.717, 1.165) is 50.1 Å². The Balaban J connectivity index is 1.41. The van der Waals surface area contributed by atoms with Crippen molar-refractivity contribution in [3.8, 4) is 11.1 Å². The molecule has 1 spiro atoms. The largest absolute Gasteiger partial charge is 0.478 e. The van der Waals surface area contributed by atoms with E-state index in [0.29, 0.717) is 6.04 Å². The van der Waals surface area contributed by atoms with E-state index in [1.165, 1.54) is 30.5 Å². The minimum absolute atomic E-state index is 0.0560. The zero-order valence-electron chi connectivity index (χ0n) is 16.6. The van der Waals surface area contributed by atoms with Gasteiger partial charge in [-0.3, -0.25) is 4.90 Å². The highest BCUT2D eigenvalue weighted by Gasteiger charge is 2.45. The number of aromatic carboxylic acids is 1. The molecule has 6 nitrogen and oxygen atoms in total. The number of likely N-dealkylation sites (tertiary alicyclic amines) is 1. The second-order valence-electron chi connectivity index (χ2n) is 8.68. The lowest BCUT2D eigenvalue weighted by atomic mass is 9.80. The van der Waals surface area contributed by atoms with Crippen LogP contribution in [0.4, 0.5) is 5.82 Å². The van der Waals surface area contributed by atoms with E-state index in [4.69, 9.17) is 10.5 Å². The van der Waals surface area contributed by atoms with E-state index >= 15 is 0 Å². The van der Waals surface area contributed by atoms with Crippen LogP contribution >= 0.6 is 0 Å². The fourth-order valence-corrected chi connectivity index (χ4v) is 5.50. The molecule has 3 N–H and O–H groups in total. The maximum atomic E-state index is 11.4. The molecular formula is C23H27N3O3. The Kier molecular flexibility index (Phi) is 4.56. The van der Waals surface area contributed by atoms with E-state index in [1.54, 1.807) is 12.3 Å². The molecule has 2 aliphatic heterocycles. The molecule has 2 fully saturated rings. The number of aromatic nitrogens is 1. The Bertz CT molecular complexity index is 954. The van der Waals surface area contributed by atoms with Crippen LogP contribution in [0, 0.1) is 0 Å². The van der Waals surface area contributed by atoms with Gasteiger partial charge in [0, 0.05) is 43.0 Å². The van der Waals surface area contributed by atoms with Crippen molar-refractivity contribution < 1.29 is 14.6 Å². The SMILES string of the molecule is Nc1ncc(-c2ccc3c(c2)CCC32CCN(C3CCOCC3)C2)cc1C(=O)O. The standard InChI is InChI=1S/C23H27N3O3/c24-21-19(22(27)28)12-17(13-25-21)15-1-2-20-16(11-15)3-6-23(20)7-8-26(14-23)18-4-9-29-10-5-18/h1-2,11-13,18H,3-10,14H2,(H2,24,25)(H,27,28). The molecule has 0 saturated carbocycles. The van der Waals surface area contributed by atoms with Gasteiger partial charge in [-0.05, 0) is 61.4 Å². The number of hydrogen-bond donors (Lipinski definition) is 2. The number of rotatable bonds is 3. The van der Waals surface area contributed by atoms with Gasteiger partial charge in [-0.15, -0.1) is 0 Å². The third-order valence-electron chi connectivity index (χ3n) is 7.12. The first-order chi connectivity index (χ1) is 14.1. The van der Waals surface area contributed by atoms with Crippen LogP contribution < -0.4 is 5.73 Å². The molecule has 5 rings (SSSR count). The van der Waals surface area contributed by atoms with Gasteiger partial charge in [0.1, 0.15) is 11.4 Å². The van der Waals surface area contributed by atoms with E-state index in [-0.39, 0.29) is 16.8 Å². The number of hydrogen-bond acceptors (Lipinski definition) is 5. The smallest absolute Gasteiger partial charge is 0.339 e. The van der Waals surface area contributed by atoms with Crippen LogP contribution in [0.2, 0.25) is 0 Å². The van der Waals surface area contributed by atoms with Gasteiger partial charge in [0.05, 0.1) is 0 Å². The van der Waals surface area contributed by atoms with E-state index in [1.807, 2.05) is 0 Å². The molecule has 29 heavy (non-hydrogen) atoms. The van der Waals surface area contributed by atoms with Crippen molar-refractivity contribution in [1.29, 1.82) is 0 Å². The molecule has 3 heterocycles. The maximum absolute atomic E-state index is 11.4. The highest BCUT2D eigenvalue weighted by Crippen LogP contribution is 2.47. The van der Waals surface area contributed by atoms with Crippen LogP contribution in [0.5, 0.6) is 0 Å². The fourth-order valence-electron chi connectivity index (χ4n) is 5.50. The summed E-state index contributed by atoms with van der Waals surface area (Å²) in [6, 6.07) is 8.89. The fraction of sp³-hybridized carbons (Fsp3) is 0.478. The third kappa shape index (κ3) is 3.20. The second-order valence-corrected chi connectivity index (χ2v) is 8.68. The number of nitrogens with zero attached hydrogens (tertiary/aromatic N) is 2. The predicted molar refractivity (Wildman–Crippen MR) is 111 cm³/mol. The van der Waals surface area contributed by atoms with Gasteiger partial charge in [-0.2, -0.15) is 0 Å². The summed E-state index contributed by atoms with van der Waals surface area (Å²) in [6.07, 6.45) is 7.47. The number of nitrogens with two attached hydrogens (primary N) is 1. The number of fused-ring (bicyclic) bond motifs is 2. The molecule has 6 heteroatoms. The summed E-state index contributed by atoms with van der Waals surface area (Å²) >= 11 is 0. The molecule has 1 atom stereocenters. The van der Waals surface area contributed by atoms with Gasteiger partial charge in [0.2, 0.25) is 0 Å². The van der Waals surface area contributed by atoms with E-state index in [2.05, 4.69) is 28.1 Å². The minimum Gasteiger partial charge on any atom is -0.478 e. The van der Waals surface area contributed by atoms with Crippen molar-refractivity contribution in [2.45, 2.75) is 43.6 Å². The van der Waals surface area contributed by atoms with Gasteiger partial charge in [0.25, 0.3) is 0 Å². The molecule has 1 aliphatic carbocycles. The first-order valence-electron chi connectivity index (χ1n) is 10.5. The number of ether oxygens (including phenoxy) is 1. The van der Waals surface area contributed by atoms with Gasteiger partial charge >= 0.3 is 5.97 Å². The quantitative estimate of drug-likeness (QED) is 0.833. The Morgan fingerprint density at radius 3 is 2.83 bits per heavy atom. The normalized spacial score (nSPS) is 24.8. The predicted octanol–water partition coefficient (Wildman–Crippen LogP) is 3.10. The number of benzene rings is 1. The number of aryl methyl sites for hydroxylation is 1. The lowest BCUT2D eigenvalue weighted by Gasteiger charge is -2.33. The molecule has 1 aromatic carbocycles. The molecule has 0 bridgehead atoms. The van der Waals surface area contributed by atoms with Crippen LogP contribution in [0.3, 0.4) is 0 Å². The first kappa shape index (κ1) is 18.6. The van der Waals surface area contributed by atoms with Crippen LogP contribution in [-0.2, 0) is 16.6 Å². The zero-order chi connectivity index (χ0) is 20.0. The number of anilines is 1. The molecule has 152 valence electrons. The number of carboxylic acid groups (broad SMARTS) is 1. The lowest BCUT2D eigenvalue weighted by molar-refractivity contribution is 0.0404. The summed E-state index contributed by atoms with van der Waals surface area (Å²) in [7, 11) is 0. The molecule has 2 saturated heterocycles. The average molecular weight is 393 g/mol. The van der Waals surface area contributed by atoms with Gasteiger partial charge < -0.3 is 15.6 Å². The molecule has 1 unspecified atom stereocenters. The van der Waals surface area contributed by atoms with Gasteiger partial charge in [-0.1, -0.05) is 18.2 Å². The van der Waals surface area contributed by atoms with Crippen LogP contribution in [0.1, 0.15) is 47.2 Å². The summed E-state index contributed by atoms with van der Waals surface area (Å²) in [5, 5.41) is 9.33. The molecule has 1 aromatic heterocycles. The number of pyridine rings is 1. The van der Waals surface area contributed by atoms with Crippen LogP contribution in [-0.4, -0.2) is 53.3 Å². The van der Waals surface area contributed by atoms with Crippen LogP contribution in [0.25, 0.3) is 11.1 Å². The Morgan fingerprint density at radius 1 is 1.21 bits per heavy atom. The second kappa shape index (κ2) is 7.11. The maximum Gasteiger partial charge on any atom is 0.339 e. The number of nitrogen functional groups attached to an aromatic ring is 1. The summed E-state index contributed by atoms with van der Waals surface area (Å²) < 4.78 is 5.54. The Hall–Kier alpha value is -2.44. The first-order valence-corrected chi connectivity index (χ1v) is 10.5. The molecule has 2 aromatic rings. The van der Waals surface area contributed by atoms with Crippen molar-refractivity contribution >= 4 is 11.8 Å². The highest BCUT2D eigenvalue weighted by atomic mass is 16.5. The summed E-state index contributed by atoms with van der Waals surface area (Å²) in [4.78, 5) is 18.2. The highest BCUT2D eigenvalue weighted by molar-refractivity contribution is 5.94. The Labute approximate surface area is 170 Å². The van der Waals surface area contributed by atoms with Crippen molar-refractivity contribution in [3.05, 3.63) is 47.2 Å². The molecular weight excluding hydrogens is 366 g/mol. The lowest BCUT2D eigenvalue weighted by Crippen LogP contribution is -2.39. The van der Waals surface area contributed by atoms with Gasteiger partial charge in [-0.25, -0.2) is 9.78 Å². The average Bonchev–Trinajstić information content (AvgIpc) is 3.33. The summed E-state index contributed by atoms with van der Waals surface area (Å²) in [5.41, 5.74) is 10.7. The van der Waals surface area contributed by atoms with Crippen LogP contribution in [0.15, 0.2) is 30.5 Å². The summed E-state index contributed by atoms with van der Waals surface area (Å²) in [6.45, 7) is 4.11.